The van der Waals surface area contributed by atoms with Crippen LogP contribution in [0.4, 0.5) is 5.82 Å². The average Bonchev–Trinajstić information content (AvgIpc) is 3.18. The van der Waals surface area contributed by atoms with Crippen molar-refractivity contribution in [3.8, 4) is 0 Å². The number of nitrogen functional groups attached to an aromatic ring is 1. The van der Waals surface area contributed by atoms with Crippen molar-refractivity contribution in [2.45, 2.75) is 121 Å². The SMILES string of the molecule is CCCCCCCCCOCCCCCCCCCP(=O)([O-])OC[C@H]1O[C@@H](n2ccc(N)nc2=O)[C@H](O)C1O.O.[Na+]. The van der Waals surface area contributed by atoms with Crippen molar-refractivity contribution in [3.63, 3.8) is 0 Å². The zero-order valence-corrected chi connectivity index (χ0v) is 27.8. The van der Waals surface area contributed by atoms with E-state index in [9.17, 15) is 24.5 Å². The molecule has 0 aromatic carbocycles. The summed E-state index contributed by atoms with van der Waals surface area (Å²) in [5.74, 6) is 0.00964. The minimum Gasteiger partial charge on any atom is -0.778 e. The van der Waals surface area contributed by atoms with Crippen LogP contribution in [-0.4, -0.2) is 69.5 Å². The van der Waals surface area contributed by atoms with Gasteiger partial charge in [-0.25, -0.2) is 4.79 Å². The number of rotatable bonds is 22. The first-order chi connectivity index (χ1) is 18.7. The fraction of sp³-hybridized carbons (Fsp3) is 0.852. The summed E-state index contributed by atoms with van der Waals surface area (Å²) in [4.78, 5) is 27.9. The predicted octanol–water partition coefficient (Wildman–Crippen LogP) is -0.308. The Balaban J connectivity index is 0.00000800. The van der Waals surface area contributed by atoms with Crippen molar-refractivity contribution < 1.29 is 68.7 Å². The van der Waals surface area contributed by atoms with Gasteiger partial charge in [0.2, 0.25) is 0 Å². The Morgan fingerprint density at radius 2 is 1.51 bits per heavy atom. The molecule has 2 rings (SSSR count). The molecular formula is C27H51N3NaO9P. The first-order valence-corrected chi connectivity index (χ1v) is 16.4. The molecule has 0 radical (unpaired) electrons. The van der Waals surface area contributed by atoms with E-state index in [4.69, 9.17) is 19.7 Å². The van der Waals surface area contributed by atoms with Gasteiger partial charge >= 0.3 is 35.2 Å². The summed E-state index contributed by atoms with van der Waals surface area (Å²) in [5, 5.41) is 20.5. The van der Waals surface area contributed by atoms with Gasteiger partial charge in [-0.15, -0.1) is 0 Å². The van der Waals surface area contributed by atoms with Gasteiger partial charge in [0.25, 0.3) is 0 Å². The fourth-order valence-electron chi connectivity index (χ4n) is 4.62. The maximum absolute atomic E-state index is 12.3. The molecule has 0 spiro atoms. The van der Waals surface area contributed by atoms with Gasteiger partial charge < -0.3 is 44.9 Å². The summed E-state index contributed by atoms with van der Waals surface area (Å²) in [5.41, 5.74) is 4.71. The van der Waals surface area contributed by atoms with E-state index in [1.54, 1.807) is 0 Å². The third-order valence-electron chi connectivity index (χ3n) is 7.01. The average molecular weight is 616 g/mol. The third-order valence-corrected chi connectivity index (χ3v) is 8.42. The minimum absolute atomic E-state index is 0. The van der Waals surface area contributed by atoms with Gasteiger partial charge in [-0.05, 0) is 25.3 Å². The second kappa shape index (κ2) is 23.1. The van der Waals surface area contributed by atoms with E-state index in [0.717, 1.165) is 62.7 Å². The van der Waals surface area contributed by atoms with Crippen LogP contribution in [0.3, 0.4) is 0 Å². The number of anilines is 1. The van der Waals surface area contributed by atoms with Gasteiger partial charge in [-0.3, -0.25) is 4.57 Å². The zero-order chi connectivity index (χ0) is 28.5. The monoisotopic (exact) mass is 615 g/mol. The molecule has 1 aliphatic heterocycles. The van der Waals surface area contributed by atoms with E-state index < -0.39 is 44.4 Å². The van der Waals surface area contributed by atoms with Crippen molar-refractivity contribution in [1.82, 2.24) is 9.55 Å². The molecule has 234 valence electrons. The second-order valence-electron chi connectivity index (χ2n) is 10.4. The van der Waals surface area contributed by atoms with Crippen LogP contribution in [0, 0.1) is 0 Å². The predicted molar refractivity (Wildman–Crippen MR) is 152 cm³/mol. The summed E-state index contributed by atoms with van der Waals surface area (Å²) in [6.07, 6.45) is 11.6. The van der Waals surface area contributed by atoms with Crippen molar-refractivity contribution in [1.29, 1.82) is 0 Å². The summed E-state index contributed by atoms with van der Waals surface area (Å²) < 4.78 is 29.6. The number of aliphatic hydroxyl groups excluding tert-OH is 2. The number of nitrogens with two attached hydrogens (primary N) is 1. The number of hydrogen-bond donors (Lipinski definition) is 3. The molecule has 1 aliphatic rings. The molecule has 6 N–H and O–H groups in total. The normalized spacial score (nSPS) is 21.7. The van der Waals surface area contributed by atoms with E-state index >= 15 is 0 Å². The Hall–Kier alpha value is -0.370. The van der Waals surface area contributed by atoms with Crippen LogP contribution in [-0.2, 0) is 18.6 Å². The Bertz CT molecular complexity index is 911. The van der Waals surface area contributed by atoms with Crippen LogP contribution in [0.2, 0.25) is 0 Å². The summed E-state index contributed by atoms with van der Waals surface area (Å²) >= 11 is 0. The van der Waals surface area contributed by atoms with Crippen molar-refractivity contribution in [2.24, 2.45) is 0 Å². The molecule has 0 aliphatic carbocycles. The van der Waals surface area contributed by atoms with Gasteiger partial charge in [0.15, 0.2) is 6.23 Å². The van der Waals surface area contributed by atoms with Gasteiger partial charge in [-0.2, -0.15) is 4.98 Å². The number of aromatic nitrogens is 2. The molecule has 2 unspecified atom stereocenters. The number of nitrogens with zero attached hydrogens (tertiary/aromatic N) is 2. The Kier molecular flexibility index (Phi) is 22.9. The van der Waals surface area contributed by atoms with E-state index in [1.165, 1.54) is 50.8 Å². The summed E-state index contributed by atoms with van der Waals surface area (Å²) in [7, 11) is -4.13. The molecule has 0 saturated carbocycles. The molecule has 14 heteroatoms. The first kappa shape index (κ1) is 40.6. The van der Waals surface area contributed by atoms with Crippen LogP contribution in [0.1, 0.15) is 103 Å². The van der Waals surface area contributed by atoms with E-state index in [0.29, 0.717) is 6.42 Å². The molecule has 12 nitrogen and oxygen atoms in total. The smallest absolute Gasteiger partial charge is 0.778 e. The molecule has 0 amide bonds. The van der Waals surface area contributed by atoms with Crippen molar-refractivity contribution >= 4 is 13.4 Å². The van der Waals surface area contributed by atoms with E-state index in [1.807, 2.05) is 0 Å². The first-order valence-electron chi connectivity index (χ1n) is 14.6. The van der Waals surface area contributed by atoms with E-state index in [-0.39, 0.29) is 47.0 Å². The van der Waals surface area contributed by atoms with Crippen LogP contribution >= 0.6 is 7.60 Å². The summed E-state index contributed by atoms with van der Waals surface area (Å²) in [6, 6.07) is 1.35. The van der Waals surface area contributed by atoms with Gasteiger partial charge in [-0.1, -0.05) is 77.6 Å². The fourth-order valence-corrected chi connectivity index (χ4v) is 5.74. The molecule has 0 bridgehead atoms. The Morgan fingerprint density at radius 3 is 2.07 bits per heavy atom. The molecule has 1 saturated heterocycles. The number of unbranched alkanes of at least 4 members (excludes halogenated alkanes) is 12. The molecular weight excluding hydrogens is 564 g/mol. The largest absolute Gasteiger partial charge is 1.00 e. The quantitative estimate of drug-likeness (QED) is 0.0883. The molecule has 2 heterocycles. The van der Waals surface area contributed by atoms with Gasteiger partial charge in [0.1, 0.15) is 31.7 Å². The molecule has 1 aromatic rings. The molecule has 5 atom stereocenters. The molecule has 1 fully saturated rings. The number of hydrogen-bond acceptors (Lipinski definition) is 10. The standard InChI is InChI=1S/C27H50N3O8P.Na.H2O/c1-2-3-4-5-7-10-13-18-36-19-14-11-8-6-9-12-15-20-39(34,35)37-21-22-24(31)25(32)26(38-22)30-17-16-23(28)29-27(30)33;;/h16-17,22,24-26,31-32H,2-15,18-21H2,1H3,(H,34,35)(H2,28,29,33);;1H2/q;+1;/p-1/t22-,24?,25-,26-;;/m1../s1. The molecule has 1 aromatic heterocycles. The van der Waals surface area contributed by atoms with Crippen LogP contribution < -0.4 is 45.9 Å². The maximum atomic E-state index is 12.3. The van der Waals surface area contributed by atoms with Crippen LogP contribution in [0.25, 0.3) is 0 Å². The van der Waals surface area contributed by atoms with Gasteiger partial charge in [0, 0.05) is 25.6 Å². The summed E-state index contributed by atoms with van der Waals surface area (Å²) in [6.45, 7) is 3.46. The third kappa shape index (κ3) is 16.3. The molecule has 41 heavy (non-hydrogen) atoms. The Morgan fingerprint density at radius 1 is 0.976 bits per heavy atom. The van der Waals surface area contributed by atoms with Crippen molar-refractivity contribution in [3.05, 3.63) is 22.7 Å². The minimum atomic E-state index is -4.13. The van der Waals surface area contributed by atoms with Crippen LogP contribution in [0.5, 0.6) is 0 Å². The maximum Gasteiger partial charge on any atom is 1.00 e. The van der Waals surface area contributed by atoms with Gasteiger partial charge in [0.05, 0.1) is 6.61 Å². The number of aliphatic hydroxyl groups is 2. The Labute approximate surface area is 266 Å². The second-order valence-corrected chi connectivity index (χ2v) is 12.4. The zero-order valence-electron chi connectivity index (χ0n) is 25.0. The number of ether oxygens (including phenoxy) is 2. The van der Waals surface area contributed by atoms with Crippen molar-refractivity contribution in [2.75, 3.05) is 31.7 Å². The van der Waals surface area contributed by atoms with E-state index in [2.05, 4.69) is 11.9 Å². The van der Waals surface area contributed by atoms with Crippen LogP contribution in [0.15, 0.2) is 17.1 Å². The topological polar surface area (TPSA) is 201 Å².